The molecule has 0 spiro atoms. The van der Waals surface area contributed by atoms with Crippen LogP contribution in [0.3, 0.4) is 0 Å². The van der Waals surface area contributed by atoms with E-state index < -0.39 is 0 Å². The van der Waals surface area contributed by atoms with Gasteiger partial charge < -0.3 is 5.11 Å². The van der Waals surface area contributed by atoms with Crippen molar-refractivity contribution in [2.75, 3.05) is 0 Å². The van der Waals surface area contributed by atoms with E-state index >= 15 is 0 Å². The van der Waals surface area contributed by atoms with E-state index in [-0.39, 0.29) is 11.3 Å². The summed E-state index contributed by atoms with van der Waals surface area (Å²) in [4.78, 5) is 17.0. The van der Waals surface area contributed by atoms with E-state index in [4.69, 9.17) is 0 Å². The van der Waals surface area contributed by atoms with E-state index in [9.17, 15) is 9.90 Å². The highest BCUT2D eigenvalue weighted by molar-refractivity contribution is 5.96. The van der Waals surface area contributed by atoms with Gasteiger partial charge in [0.05, 0.1) is 22.6 Å². The van der Waals surface area contributed by atoms with Crippen LogP contribution in [-0.4, -0.2) is 14.5 Å². The Morgan fingerprint density at radius 3 is 2.45 bits per heavy atom. The number of aromatic hydroxyl groups is 1. The van der Waals surface area contributed by atoms with Crippen LogP contribution in [0.2, 0.25) is 0 Å². The van der Waals surface area contributed by atoms with Crippen molar-refractivity contribution in [2.45, 2.75) is 0 Å². The molecule has 0 saturated heterocycles. The van der Waals surface area contributed by atoms with Gasteiger partial charge in [0, 0.05) is 5.39 Å². The first kappa shape index (κ1) is 11.0. The number of benzene rings is 2. The van der Waals surface area contributed by atoms with Gasteiger partial charge in [-0.3, -0.25) is 14.2 Å². The summed E-state index contributed by atoms with van der Waals surface area (Å²) in [5.74, 6) is 0.0884. The average Bonchev–Trinajstić information content (AvgIpc) is 2.68. The highest BCUT2D eigenvalue weighted by Crippen LogP contribution is 2.30. The van der Waals surface area contributed by atoms with Crippen LogP contribution in [-0.2, 0) is 0 Å². The summed E-state index contributed by atoms with van der Waals surface area (Å²) in [5, 5.41) is 11.5. The molecule has 0 amide bonds. The first-order valence-electron chi connectivity index (χ1n) is 6.27. The predicted molar refractivity (Wildman–Crippen MR) is 78.1 cm³/mol. The molecular weight excluding hydrogens is 252 g/mol. The minimum absolute atomic E-state index is 0.0884. The Labute approximate surface area is 113 Å². The second-order valence-electron chi connectivity index (χ2n) is 4.67. The maximum atomic E-state index is 12.7. The molecule has 4 rings (SSSR count). The molecule has 0 saturated carbocycles. The maximum Gasteiger partial charge on any atom is 0.265 e. The SMILES string of the molecule is O=c1c2ccccc2ncc2c(O)c3ccccc3n12. The Morgan fingerprint density at radius 1 is 0.900 bits per heavy atom. The molecular formula is C16H10N2O2. The van der Waals surface area contributed by atoms with Gasteiger partial charge >= 0.3 is 0 Å². The van der Waals surface area contributed by atoms with Gasteiger partial charge in [0.2, 0.25) is 0 Å². The molecule has 2 heterocycles. The van der Waals surface area contributed by atoms with Crippen LogP contribution in [0.1, 0.15) is 0 Å². The van der Waals surface area contributed by atoms with Gasteiger partial charge in [-0.05, 0) is 24.3 Å². The van der Waals surface area contributed by atoms with E-state index in [1.54, 1.807) is 24.4 Å². The molecule has 0 unspecified atom stereocenters. The lowest BCUT2D eigenvalue weighted by molar-refractivity contribution is 0.487. The lowest BCUT2D eigenvalue weighted by Gasteiger charge is -1.92. The fourth-order valence-corrected chi connectivity index (χ4v) is 2.60. The number of hydrogen-bond acceptors (Lipinski definition) is 3. The molecule has 4 nitrogen and oxygen atoms in total. The largest absolute Gasteiger partial charge is 0.505 e. The van der Waals surface area contributed by atoms with Gasteiger partial charge in [-0.2, -0.15) is 0 Å². The molecule has 20 heavy (non-hydrogen) atoms. The lowest BCUT2D eigenvalue weighted by Crippen LogP contribution is -2.09. The molecule has 0 aliphatic rings. The third-order valence-corrected chi connectivity index (χ3v) is 3.55. The maximum absolute atomic E-state index is 12.7. The van der Waals surface area contributed by atoms with Crippen molar-refractivity contribution in [2.24, 2.45) is 0 Å². The van der Waals surface area contributed by atoms with Crippen molar-refractivity contribution < 1.29 is 5.11 Å². The second kappa shape index (κ2) is 3.81. The fraction of sp³-hybridized carbons (Fsp3) is 0. The van der Waals surface area contributed by atoms with Crippen molar-refractivity contribution in [3.05, 3.63) is 65.1 Å². The van der Waals surface area contributed by atoms with Crippen LogP contribution in [0.5, 0.6) is 5.75 Å². The summed E-state index contributed by atoms with van der Waals surface area (Å²) in [6, 6.07) is 14.5. The van der Waals surface area contributed by atoms with Gasteiger partial charge in [0.15, 0.2) is 5.75 Å². The normalized spacial score (nSPS) is 11.4. The van der Waals surface area contributed by atoms with Gasteiger partial charge in [-0.25, -0.2) is 0 Å². The van der Waals surface area contributed by atoms with Crippen molar-refractivity contribution in [3.63, 3.8) is 0 Å². The number of aromatic nitrogens is 2. The molecule has 0 bridgehead atoms. The number of nitrogens with zero attached hydrogens (tertiary/aromatic N) is 2. The Morgan fingerprint density at radius 2 is 1.60 bits per heavy atom. The Hall–Kier alpha value is -2.88. The van der Waals surface area contributed by atoms with Crippen molar-refractivity contribution in [1.82, 2.24) is 9.38 Å². The molecule has 1 N–H and O–H groups in total. The number of rotatable bonds is 0. The van der Waals surface area contributed by atoms with Gasteiger partial charge in [-0.1, -0.05) is 24.3 Å². The van der Waals surface area contributed by atoms with E-state index in [1.807, 2.05) is 30.3 Å². The van der Waals surface area contributed by atoms with Crippen molar-refractivity contribution in [3.8, 4) is 5.75 Å². The molecule has 0 atom stereocenters. The molecule has 0 aliphatic heterocycles. The van der Waals surface area contributed by atoms with Crippen LogP contribution < -0.4 is 5.56 Å². The predicted octanol–water partition coefficient (Wildman–Crippen LogP) is 2.71. The minimum atomic E-state index is -0.176. The Kier molecular flexibility index (Phi) is 2.09. The zero-order valence-electron chi connectivity index (χ0n) is 10.4. The fourth-order valence-electron chi connectivity index (χ4n) is 2.60. The first-order chi connectivity index (χ1) is 9.77. The minimum Gasteiger partial charge on any atom is -0.505 e. The van der Waals surface area contributed by atoms with E-state index in [0.717, 1.165) is 0 Å². The summed E-state index contributed by atoms with van der Waals surface area (Å²) in [5.41, 5.74) is 1.55. The standard InChI is InChI=1S/C16H10N2O2/c19-15-11-6-2-4-8-13(11)18-14(15)9-17-12-7-3-1-5-10(12)16(18)20/h1-9,19H. The molecule has 4 aromatic rings. The summed E-state index contributed by atoms with van der Waals surface area (Å²) < 4.78 is 1.51. The quantitative estimate of drug-likeness (QED) is 0.530. The summed E-state index contributed by atoms with van der Waals surface area (Å²) in [6.45, 7) is 0. The zero-order chi connectivity index (χ0) is 13.7. The second-order valence-corrected chi connectivity index (χ2v) is 4.67. The molecule has 2 aromatic carbocycles. The molecule has 0 fully saturated rings. The van der Waals surface area contributed by atoms with Crippen molar-refractivity contribution in [1.29, 1.82) is 0 Å². The van der Waals surface area contributed by atoms with Crippen LogP contribution in [0.25, 0.3) is 27.3 Å². The van der Waals surface area contributed by atoms with E-state index in [1.165, 1.54) is 4.40 Å². The van der Waals surface area contributed by atoms with Crippen molar-refractivity contribution >= 4 is 27.3 Å². The highest BCUT2D eigenvalue weighted by Gasteiger charge is 2.13. The summed E-state index contributed by atoms with van der Waals surface area (Å²) >= 11 is 0. The Bertz CT molecular complexity index is 1030. The summed E-state index contributed by atoms with van der Waals surface area (Å²) in [6.07, 6.45) is 1.54. The summed E-state index contributed by atoms with van der Waals surface area (Å²) in [7, 11) is 0. The monoisotopic (exact) mass is 262 g/mol. The van der Waals surface area contributed by atoms with Crippen LogP contribution in [0.15, 0.2) is 59.5 Å². The molecule has 4 heteroatoms. The molecule has 0 aliphatic carbocycles. The third-order valence-electron chi connectivity index (χ3n) is 3.55. The van der Waals surface area contributed by atoms with Gasteiger partial charge in [0.1, 0.15) is 5.52 Å². The highest BCUT2D eigenvalue weighted by atomic mass is 16.3. The topological polar surface area (TPSA) is 54.6 Å². The van der Waals surface area contributed by atoms with Crippen LogP contribution in [0, 0.1) is 0 Å². The third kappa shape index (κ3) is 1.30. The smallest absolute Gasteiger partial charge is 0.265 e. The van der Waals surface area contributed by atoms with E-state index in [2.05, 4.69) is 4.98 Å². The molecule has 2 aromatic heterocycles. The van der Waals surface area contributed by atoms with Gasteiger partial charge in [0.25, 0.3) is 5.56 Å². The molecule has 96 valence electrons. The number of para-hydroxylation sites is 2. The van der Waals surface area contributed by atoms with Gasteiger partial charge in [-0.15, -0.1) is 0 Å². The first-order valence-corrected chi connectivity index (χ1v) is 6.27. The van der Waals surface area contributed by atoms with Crippen LogP contribution in [0.4, 0.5) is 0 Å². The van der Waals surface area contributed by atoms with Crippen LogP contribution >= 0.6 is 0 Å². The lowest BCUT2D eigenvalue weighted by atomic mass is 10.2. The molecule has 0 radical (unpaired) electrons. The number of hydrogen-bond donors (Lipinski definition) is 1. The number of fused-ring (bicyclic) bond motifs is 4. The zero-order valence-corrected chi connectivity index (χ0v) is 10.4. The van der Waals surface area contributed by atoms with E-state index in [0.29, 0.717) is 27.3 Å². The average molecular weight is 262 g/mol. The Balaban J connectivity index is 2.43.